The van der Waals surface area contributed by atoms with Gasteiger partial charge in [0, 0.05) is 10.8 Å². The molecule has 0 fully saturated rings. The SMILES string of the molecule is C=Cc1ccc2c(c1)c1ccccc1[s+]2C. The van der Waals surface area contributed by atoms with Gasteiger partial charge in [0.2, 0.25) is 0 Å². The van der Waals surface area contributed by atoms with Crippen LogP contribution in [0.1, 0.15) is 5.56 Å². The lowest BCUT2D eigenvalue weighted by Gasteiger charge is -1.91. The summed E-state index contributed by atoms with van der Waals surface area (Å²) >= 11 is 0. The summed E-state index contributed by atoms with van der Waals surface area (Å²) in [5.41, 5.74) is 1.20. The standard InChI is InChI=1S/C15H13S/c1-3-11-8-9-15-13(10-11)12-6-4-5-7-14(12)16(15)2/h3-10H,1H2,2H3/q+1. The zero-order valence-corrected chi connectivity index (χ0v) is 10.1. The van der Waals surface area contributed by atoms with Crippen LogP contribution in [0.15, 0.2) is 49.0 Å². The first-order chi connectivity index (χ1) is 7.81. The van der Waals surface area contributed by atoms with E-state index in [2.05, 4.69) is 55.3 Å². The summed E-state index contributed by atoms with van der Waals surface area (Å²) in [4.78, 5) is 0. The van der Waals surface area contributed by atoms with Crippen LogP contribution in [0.25, 0.3) is 26.2 Å². The van der Waals surface area contributed by atoms with E-state index in [1.54, 1.807) is 0 Å². The molecular formula is C15H13S+. The lowest BCUT2D eigenvalue weighted by molar-refractivity contribution is 1.78. The van der Waals surface area contributed by atoms with E-state index in [1.807, 2.05) is 6.08 Å². The second-order valence-electron chi connectivity index (χ2n) is 3.97. The van der Waals surface area contributed by atoms with E-state index >= 15 is 0 Å². The zero-order valence-electron chi connectivity index (χ0n) is 9.23. The van der Waals surface area contributed by atoms with Gasteiger partial charge in [-0.2, -0.15) is 0 Å². The van der Waals surface area contributed by atoms with E-state index in [9.17, 15) is 0 Å². The fourth-order valence-corrected chi connectivity index (χ4v) is 4.03. The normalized spacial score (nSPS) is 12.2. The van der Waals surface area contributed by atoms with Gasteiger partial charge in [0.25, 0.3) is 0 Å². The summed E-state index contributed by atoms with van der Waals surface area (Å²) in [6.07, 6.45) is 4.22. The summed E-state index contributed by atoms with van der Waals surface area (Å²) < 4.78 is 2.94. The van der Waals surface area contributed by atoms with Gasteiger partial charge < -0.3 is 0 Å². The van der Waals surface area contributed by atoms with Gasteiger partial charge in [-0.1, -0.05) is 24.8 Å². The topological polar surface area (TPSA) is 0 Å². The molecule has 0 amide bonds. The van der Waals surface area contributed by atoms with E-state index in [-0.39, 0.29) is 10.5 Å². The largest absolute Gasteiger partial charge is 0.181 e. The Balaban J connectivity index is 2.57. The molecule has 1 aromatic heterocycles. The van der Waals surface area contributed by atoms with Crippen LogP contribution < -0.4 is 0 Å². The van der Waals surface area contributed by atoms with Crippen LogP contribution in [-0.4, -0.2) is 0 Å². The average Bonchev–Trinajstić information content (AvgIpc) is 2.64. The third-order valence-corrected chi connectivity index (χ3v) is 5.11. The van der Waals surface area contributed by atoms with E-state index in [0.29, 0.717) is 0 Å². The van der Waals surface area contributed by atoms with Gasteiger partial charge in [0.15, 0.2) is 9.40 Å². The molecule has 0 spiro atoms. The number of fused-ring (bicyclic) bond motifs is 3. The molecule has 0 bridgehead atoms. The van der Waals surface area contributed by atoms with Crippen molar-refractivity contribution in [3.8, 4) is 0 Å². The Morgan fingerprint density at radius 2 is 1.75 bits per heavy atom. The number of benzene rings is 2. The molecule has 3 rings (SSSR count). The maximum atomic E-state index is 3.83. The fourth-order valence-electron chi connectivity index (χ4n) is 2.23. The maximum absolute atomic E-state index is 3.83. The van der Waals surface area contributed by atoms with E-state index in [1.165, 1.54) is 25.7 Å². The van der Waals surface area contributed by atoms with Crippen molar-refractivity contribution in [3.63, 3.8) is 0 Å². The predicted molar refractivity (Wildman–Crippen MR) is 75.0 cm³/mol. The van der Waals surface area contributed by atoms with E-state index in [4.69, 9.17) is 0 Å². The monoisotopic (exact) mass is 225 g/mol. The van der Waals surface area contributed by atoms with Gasteiger partial charge in [-0.3, -0.25) is 0 Å². The van der Waals surface area contributed by atoms with Crippen molar-refractivity contribution in [1.29, 1.82) is 0 Å². The van der Waals surface area contributed by atoms with Crippen molar-refractivity contribution >= 4 is 36.7 Å². The summed E-state index contributed by atoms with van der Waals surface area (Å²) in [6.45, 7) is 3.83. The highest BCUT2D eigenvalue weighted by Crippen LogP contribution is 2.40. The molecule has 2 aromatic carbocycles. The number of hydrogen-bond acceptors (Lipinski definition) is 0. The van der Waals surface area contributed by atoms with Crippen molar-refractivity contribution in [2.45, 2.75) is 0 Å². The predicted octanol–water partition coefficient (Wildman–Crippen LogP) is 4.92. The lowest BCUT2D eigenvalue weighted by atomic mass is 10.1. The summed E-state index contributed by atoms with van der Waals surface area (Å²) in [7, 11) is 0.233. The molecule has 1 unspecified atom stereocenters. The Morgan fingerprint density at radius 3 is 2.56 bits per heavy atom. The van der Waals surface area contributed by atoms with Crippen LogP contribution in [0.3, 0.4) is 0 Å². The van der Waals surface area contributed by atoms with Gasteiger partial charge in [-0.15, -0.1) is 0 Å². The highest BCUT2D eigenvalue weighted by molar-refractivity contribution is 7.41. The zero-order chi connectivity index (χ0) is 11.1. The van der Waals surface area contributed by atoms with Gasteiger partial charge >= 0.3 is 0 Å². The molecule has 1 atom stereocenters. The number of rotatable bonds is 1. The minimum absolute atomic E-state index is 0.233. The minimum Gasteiger partial charge on any atom is -0.0985 e. The molecule has 1 heteroatoms. The van der Waals surface area contributed by atoms with E-state index in [0.717, 1.165) is 0 Å². The molecule has 0 N–H and O–H groups in total. The van der Waals surface area contributed by atoms with Crippen molar-refractivity contribution in [2.75, 3.05) is 0 Å². The third-order valence-electron chi connectivity index (χ3n) is 3.08. The molecule has 0 saturated heterocycles. The van der Waals surface area contributed by atoms with Crippen molar-refractivity contribution in [2.24, 2.45) is 6.26 Å². The smallest absolute Gasteiger partial charge is 0.0985 e. The van der Waals surface area contributed by atoms with Gasteiger partial charge in [-0.25, -0.2) is 0 Å². The fraction of sp³-hybridized carbons (Fsp3) is 0.0667. The van der Waals surface area contributed by atoms with Crippen molar-refractivity contribution < 1.29 is 0 Å². The maximum Gasteiger partial charge on any atom is 0.181 e. The van der Waals surface area contributed by atoms with Crippen LogP contribution in [0.2, 0.25) is 0 Å². The average molecular weight is 225 g/mol. The number of hydrogen-bond donors (Lipinski definition) is 0. The first-order valence-corrected chi connectivity index (χ1v) is 6.96. The Labute approximate surface area is 97.8 Å². The molecule has 0 aliphatic heterocycles. The van der Waals surface area contributed by atoms with Gasteiger partial charge in [-0.05, 0) is 46.4 Å². The minimum atomic E-state index is 0.233. The summed E-state index contributed by atoms with van der Waals surface area (Å²) in [6, 6.07) is 15.4. The number of thiophene rings is 1. The van der Waals surface area contributed by atoms with Crippen LogP contribution in [0.4, 0.5) is 0 Å². The molecule has 0 aliphatic rings. The molecule has 0 nitrogen and oxygen atoms in total. The molecule has 78 valence electrons. The molecule has 3 aromatic rings. The van der Waals surface area contributed by atoms with Crippen LogP contribution in [-0.2, 0) is 6.26 Å². The highest BCUT2D eigenvalue weighted by atomic mass is 32.2. The van der Waals surface area contributed by atoms with Gasteiger partial charge in [0.05, 0.1) is 0 Å². The second kappa shape index (κ2) is 3.46. The Hall–Kier alpha value is -1.60. The molecule has 0 saturated carbocycles. The van der Waals surface area contributed by atoms with Crippen LogP contribution in [0.5, 0.6) is 0 Å². The third kappa shape index (κ3) is 1.22. The van der Waals surface area contributed by atoms with Gasteiger partial charge in [0.1, 0.15) is 6.26 Å². The molecule has 0 radical (unpaired) electrons. The molecule has 16 heavy (non-hydrogen) atoms. The summed E-state index contributed by atoms with van der Waals surface area (Å²) in [5, 5.41) is 2.78. The van der Waals surface area contributed by atoms with Crippen LogP contribution >= 0.6 is 10.5 Å². The summed E-state index contributed by atoms with van der Waals surface area (Å²) in [5.74, 6) is 0. The Kier molecular flexibility index (Phi) is 2.08. The first-order valence-electron chi connectivity index (χ1n) is 5.33. The lowest BCUT2D eigenvalue weighted by Crippen LogP contribution is -1.70. The van der Waals surface area contributed by atoms with Crippen molar-refractivity contribution in [3.05, 3.63) is 54.6 Å². The highest BCUT2D eigenvalue weighted by Gasteiger charge is 2.16. The molecule has 1 heterocycles. The van der Waals surface area contributed by atoms with Crippen LogP contribution in [0, 0.1) is 0 Å². The van der Waals surface area contributed by atoms with Crippen molar-refractivity contribution in [1.82, 2.24) is 0 Å². The second-order valence-corrected chi connectivity index (χ2v) is 5.87. The Morgan fingerprint density at radius 1 is 1.00 bits per heavy atom. The first kappa shape index (κ1) is 9.61. The number of aryl methyl sites for hydroxylation is 1. The molecule has 0 aliphatic carbocycles. The Bertz CT molecular complexity index is 689. The quantitative estimate of drug-likeness (QED) is 0.515. The molecular weight excluding hydrogens is 212 g/mol. The van der Waals surface area contributed by atoms with E-state index < -0.39 is 0 Å².